The van der Waals surface area contributed by atoms with Gasteiger partial charge >= 0.3 is 0 Å². The molecule has 2 rings (SSSR count). The molecule has 1 atom stereocenters. The molecule has 0 spiro atoms. The average molecular weight is 228 g/mol. The number of anilines is 1. The van der Waals surface area contributed by atoms with Crippen molar-refractivity contribution in [2.75, 3.05) is 30.5 Å². The lowest BCUT2D eigenvalue weighted by Gasteiger charge is -2.35. The van der Waals surface area contributed by atoms with E-state index in [-0.39, 0.29) is 6.04 Å². The van der Waals surface area contributed by atoms with Crippen LogP contribution >= 0.6 is 11.6 Å². The Morgan fingerprint density at radius 2 is 2.47 bits per heavy atom. The molecule has 0 radical (unpaired) electrons. The molecule has 1 fully saturated rings. The lowest BCUT2D eigenvalue weighted by Crippen LogP contribution is -2.47. The third-order valence-electron chi connectivity index (χ3n) is 2.49. The van der Waals surface area contributed by atoms with E-state index in [2.05, 4.69) is 14.9 Å². The number of morpholine rings is 1. The number of aromatic nitrogens is 2. The minimum Gasteiger partial charge on any atom is -0.377 e. The van der Waals surface area contributed by atoms with E-state index in [1.807, 2.05) is 13.0 Å². The Morgan fingerprint density at radius 3 is 3.20 bits per heavy atom. The fourth-order valence-corrected chi connectivity index (χ4v) is 1.94. The highest BCUT2D eigenvalue weighted by Crippen LogP contribution is 2.17. The van der Waals surface area contributed by atoms with Gasteiger partial charge in [-0.2, -0.15) is 0 Å². The molecule has 82 valence electrons. The SMILES string of the molecule is Cc1cc(N2CCOCC2CCl)ncn1. The number of halogens is 1. The minimum absolute atomic E-state index is 0.217. The molecular weight excluding hydrogens is 214 g/mol. The molecule has 0 amide bonds. The van der Waals surface area contributed by atoms with Crippen LogP contribution in [-0.4, -0.2) is 41.6 Å². The molecule has 1 aromatic heterocycles. The van der Waals surface area contributed by atoms with Gasteiger partial charge in [0.25, 0.3) is 0 Å². The topological polar surface area (TPSA) is 38.2 Å². The number of hydrogen-bond donors (Lipinski definition) is 0. The van der Waals surface area contributed by atoms with Gasteiger partial charge in [0.1, 0.15) is 12.1 Å². The first-order chi connectivity index (χ1) is 7.31. The highest BCUT2D eigenvalue weighted by molar-refractivity contribution is 6.18. The summed E-state index contributed by atoms with van der Waals surface area (Å²) in [7, 11) is 0. The van der Waals surface area contributed by atoms with E-state index in [9.17, 15) is 0 Å². The normalized spacial score (nSPS) is 21.7. The van der Waals surface area contributed by atoms with Gasteiger partial charge in [-0.1, -0.05) is 0 Å². The molecule has 15 heavy (non-hydrogen) atoms. The summed E-state index contributed by atoms with van der Waals surface area (Å²) >= 11 is 5.90. The molecule has 0 N–H and O–H groups in total. The minimum atomic E-state index is 0.217. The maximum absolute atomic E-state index is 5.90. The Morgan fingerprint density at radius 1 is 1.60 bits per heavy atom. The lowest BCUT2D eigenvalue weighted by molar-refractivity contribution is 0.0993. The molecule has 2 heterocycles. The standard InChI is InChI=1S/C10H14ClN3O/c1-8-4-10(13-7-12-8)14-2-3-15-6-9(14)5-11/h4,7,9H,2-3,5-6H2,1H3. The van der Waals surface area contributed by atoms with Crippen LogP contribution in [0, 0.1) is 6.92 Å². The second-order valence-electron chi connectivity index (χ2n) is 3.59. The monoisotopic (exact) mass is 227 g/mol. The van der Waals surface area contributed by atoms with Crippen molar-refractivity contribution in [3.8, 4) is 0 Å². The van der Waals surface area contributed by atoms with Crippen LogP contribution < -0.4 is 4.90 Å². The number of hydrogen-bond acceptors (Lipinski definition) is 4. The molecule has 1 aromatic rings. The van der Waals surface area contributed by atoms with E-state index in [1.165, 1.54) is 0 Å². The third kappa shape index (κ3) is 2.38. The van der Waals surface area contributed by atoms with Crippen molar-refractivity contribution in [3.63, 3.8) is 0 Å². The van der Waals surface area contributed by atoms with Crippen LogP contribution in [0.25, 0.3) is 0 Å². The van der Waals surface area contributed by atoms with Gasteiger partial charge < -0.3 is 9.64 Å². The van der Waals surface area contributed by atoms with Crippen LogP contribution in [-0.2, 0) is 4.74 Å². The fourth-order valence-electron chi connectivity index (χ4n) is 1.68. The summed E-state index contributed by atoms with van der Waals surface area (Å²) in [6.07, 6.45) is 1.59. The van der Waals surface area contributed by atoms with Crippen molar-refractivity contribution in [1.82, 2.24) is 9.97 Å². The fraction of sp³-hybridized carbons (Fsp3) is 0.600. The number of aryl methyl sites for hydroxylation is 1. The summed E-state index contributed by atoms with van der Waals surface area (Å²) in [5, 5.41) is 0. The first-order valence-electron chi connectivity index (χ1n) is 5.00. The highest BCUT2D eigenvalue weighted by Gasteiger charge is 2.23. The molecule has 0 aromatic carbocycles. The van der Waals surface area contributed by atoms with Gasteiger partial charge in [0.2, 0.25) is 0 Å². The van der Waals surface area contributed by atoms with Gasteiger partial charge in [0.05, 0.1) is 19.3 Å². The zero-order chi connectivity index (χ0) is 10.7. The third-order valence-corrected chi connectivity index (χ3v) is 2.85. The molecule has 0 bridgehead atoms. The second kappa shape index (κ2) is 4.77. The Bertz CT molecular complexity index is 334. The van der Waals surface area contributed by atoms with E-state index in [1.54, 1.807) is 6.33 Å². The highest BCUT2D eigenvalue weighted by atomic mass is 35.5. The number of rotatable bonds is 2. The zero-order valence-electron chi connectivity index (χ0n) is 8.69. The number of nitrogens with zero attached hydrogens (tertiary/aromatic N) is 3. The molecule has 5 heteroatoms. The van der Waals surface area contributed by atoms with Crippen molar-refractivity contribution in [1.29, 1.82) is 0 Å². The molecular formula is C10H14ClN3O. The summed E-state index contributed by atoms with van der Waals surface area (Å²) in [5.41, 5.74) is 0.972. The van der Waals surface area contributed by atoms with Crippen molar-refractivity contribution in [3.05, 3.63) is 18.1 Å². The Balaban J connectivity index is 2.20. The summed E-state index contributed by atoms with van der Waals surface area (Å²) in [5.74, 6) is 1.50. The molecule has 1 unspecified atom stereocenters. The maximum Gasteiger partial charge on any atom is 0.132 e. The van der Waals surface area contributed by atoms with Crippen molar-refractivity contribution in [2.45, 2.75) is 13.0 Å². The maximum atomic E-state index is 5.90. The van der Waals surface area contributed by atoms with Crippen molar-refractivity contribution in [2.24, 2.45) is 0 Å². The van der Waals surface area contributed by atoms with Gasteiger partial charge in [-0.3, -0.25) is 0 Å². The van der Waals surface area contributed by atoms with Gasteiger partial charge in [-0.05, 0) is 6.92 Å². The van der Waals surface area contributed by atoms with Crippen molar-refractivity contribution < 1.29 is 4.74 Å². The van der Waals surface area contributed by atoms with E-state index in [4.69, 9.17) is 16.3 Å². The van der Waals surface area contributed by atoms with Crippen molar-refractivity contribution >= 4 is 17.4 Å². The Kier molecular flexibility index (Phi) is 3.38. The first kappa shape index (κ1) is 10.6. The van der Waals surface area contributed by atoms with Crippen LogP contribution in [0.5, 0.6) is 0 Å². The number of ether oxygens (including phenoxy) is 1. The first-order valence-corrected chi connectivity index (χ1v) is 5.53. The molecule has 1 aliphatic heterocycles. The molecule has 0 saturated carbocycles. The molecule has 1 saturated heterocycles. The number of alkyl halides is 1. The van der Waals surface area contributed by atoms with Crippen LogP contribution in [0.4, 0.5) is 5.82 Å². The van der Waals surface area contributed by atoms with E-state index >= 15 is 0 Å². The van der Waals surface area contributed by atoms with Gasteiger partial charge in [0.15, 0.2) is 0 Å². The summed E-state index contributed by atoms with van der Waals surface area (Å²) in [6, 6.07) is 2.19. The lowest BCUT2D eigenvalue weighted by atomic mass is 10.2. The summed E-state index contributed by atoms with van der Waals surface area (Å²) < 4.78 is 5.39. The van der Waals surface area contributed by atoms with Crippen LogP contribution in [0.15, 0.2) is 12.4 Å². The molecule has 0 aliphatic carbocycles. The Hall–Kier alpha value is -0.870. The molecule has 4 nitrogen and oxygen atoms in total. The average Bonchev–Trinajstić information content (AvgIpc) is 2.29. The summed E-state index contributed by atoms with van der Waals surface area (Å²) in [6.45, 7) is 4.21. The van der Waals surface area contributed by atoms with Crippen LogP contribution in [0.2, 0.25) is 0 Å². The predicted molar refractivity (Wildman–Crippen MR) is 59.4 cm³/mol. The second-order valence-corrected chi connectivity index (χ2v) is 3.90. The largest absolute Gasteiger partial charge is 0.377 e. The van der Waals surface area contributed by atoms with E-state index in [0.29, 0.717) is 12.5 Å². The van der Waals surface area contributed by atoms with E-state index < -0.39 is 0 Å². The van der Waals surface area contributed by atoms with Gasteiger partial charge in [0, 0.05) is 24.2 Å². The van der Waals surface area contributed by atoms with Gasteiger partial charge in [-0.25, -0.2) is 9.97 Å². The molecule has 1 aliphatic rings. The van der Waals surface area contributed by atoms with Crippen LogP contribution in [0.1, 0.15) is 5.69 Å². The zero-order valence-corrected chi connectivity index (χ0v) is 9.44. The van der Waals surface area contributed by atoms with Crippen LogP contribution in [0.3, 0.4) is 0 Å². The smallest absolute Gasteiger partial charge is 0.132 e. The van der Waals surface area contributed by atoms with E-state index in [0.717, 1.165) is 24.7 Å². The Labute approximate surface area is 94.2 Å². The predicted octanol–water partition coefficient (Wildman–Crippen LogP) is 1.23. The summed E-state index contributed by atoms with van der Waals surface area (Å²) in [4.78, 5) is 10.5. The van der Waals surface area contributed by atoms with Gasteiger partial charge in [-0.15, -0.1) is 11.6 Å². The quantitative estimate of drug-likeness (QED) is 0.713.